The Bertz CT molecular complexity index is 345. The van der Waals surface area contributed by atoms with Crippen LogP contribution in [-0.2, 0) is 4.79 Å². The van der Waals surface area contributed by atoms with Gasteiger partial charge in [-0.25, -0.2) is 0 Å². The summed E-state index contributed by atoms with van der Waals surface area (Å²) in [6, 6.07) is 9.96. The maximum Gasteiger partial charge on any atom is 0.214 e. The molecule has 0 unspecified atom stereocenters. The summed E-state index contributed by atoms with van der Waals surface area (Å²) in [5.74, 6) is 0. The van der Waals surface area contributed by atoms with Crippen molar-refractivity contribution in [1.82, 2.24) is 5.32 Å². The molecule has 2 nitrogen and oxygen atoms in total. The molecule has 1 fully saturated rings. The van der Waals surface area contributed by atoms with Crippen LogP contribution >= 0.6 is 11.8 Å². The summed E-state index contributed by atoms with van der Waals surface area (Å²) in [5, 5.41) is 4.15. The molecule has 0 amide bonds. The average Bonchev–Trinajstić information content (AvgIpc) is 2.53. The van der Waals surface area contributed by atoms with Gasteiger partial charge in [0.1, 0.15) is 0 Å². The minimum absolute atomic E-state index is 0.183. The van der Waals surface area contributed by atoms with Crippen molar-refractivity contribution in [2.75, 3.05) is 6.54 Å². The van der Waals surface area contributed by atoms with Gasteiger partial charge in [0.25, 0.3) is 0 Å². The van der Waals surface area contributed by atoms with E-state index in [2.05, 4.69) is 5.32 Å². The van der Waals surface area contributed by atoms with Crippen molar-refractivity contribution in [3.8, 4) is 0 Å². The summed E-state index contributed by atoms with van der Waals surface area (Å²) in [5.41, 5.74) is 1.12. The molecule has 0 saturated carbocycles. The fourth-order valence-electron chi connectivity index (χ4n) is 1.14. The summed E-state index contributed by atoms with van der Waals surface area (Å²) in [7, 11) is 0. The minimum atomic E-state index is 0.183. The molecule has 0 atom stereocenters. The maximum atomic E-state index is 10.9. The van der Waals surface area contributed by atoms with E-state index in [9.17, 15) is 4.79 Å². The number of carbonyl (C=O) groups is 1. The molecule has 1 aliphatic rings. The molecule has 0 aromatic heterocycles. The van der Waals surface area contributed by atoms with Gasteiger partial charge in [0.15, 0.2) is 0 Å². The highest BCUT2D eigenvalue weighted by molar-refractivity contribution is 8.17. The van der Waals surface area contributed by atoms with Gasteiger partial charge < -0.3 is 5.32 Å². The van der Waals surface area contributed by atoms with Crippen molar-refractivity contribution in [2.45, 2.75) is 0 Å². The van der Waals surface area contributed by atoms with Crippen LogP contribution in [0.3, 0.4) is 0 Å². The van der Waals surface area contributed by atoms with Crippen molar-refractivity contribution >= 4 is 23.0 Å². The van der Waals surface area contributed by atoms with Gasteiger partial charge >= 0.3 is 0 Å². The molecule has 13 heavy (non-hydrogen) atoms. The van der Waals surface area contributed by atoms with E-state index in [1.807, 2.05) is 36.4 Å². The van der Waals surface area contributed by atoms with E-state index < -0.39 is 0 Å². The lowest BCUT2D eigenvalue weighted by Crippen LogP contribution is -2.06. The van der Waals surface area contributed by atoms with Crippen molar-refractivity contribution in [3.63, 3.8) is 0 Å². The second kappa shape index (κ2) is 3.66. The smallest absolute Gasteiger partial charge is 0.214 e. The average molecular weight is 191 g/mol. The molecule has 0 bridgehead atoms. The Balaban J connectivity index is 2.17. The lowest BCUT2D eigenvalue weighted by molar-refractivity contribution is -0.109. The van der Waals surface area contributed by atoms with Crippen LogP contribution < -0.4 is 5.32 Å². The molecule has 1 aromatic carbocycles. The van der Waals surface area contributed by atoms with Crippen LogP contribution in [0, 0.1) is 0 Å². The first-order valence-corrected chi connectivity index (χ1v) is 4.87. The third-order valence-corrected chi connectivity index (χ3v) is 2.58. The van der Waals surface area contributed by atoms with Crippen LogP contribution in [0.5, 0.6) is 0 Å². The van der Waals surface area contributed by atoms with Crippen molar-refractivity contribution in [3.05, 3.63) is 40.9 Å². The Kier molecular flexibility index (Phi) is 2.36. The van der Waals surface area contributed by atoms with E-state index in [1.54, 1.807) is 0 Å². The van der Waals surface area contributed by atoms with Gasteiger partial charge in [-0.3, -0.25) is 4.79 Å². The Morgan fingerprint density at radius 2 is 2.08 bits per heavy atom. The fraction of sp³-hybridized carbons (Fsp3) is 0.100. The van der Waals surface area contributed by atoms with E-state index in [-0.39, 0.29) is 5.12 Å². The normalized spacial score (nSPS) is 19.1. The van der Waals surface area contributed by atoms with Gasteiger partial charge in [-0.2, -0.15) is 0 Å². The van der Waals surface area contributed by atoms with E-state index in [0.717, 1.165) is 10.6 Å². The van der Waals surface area contributed by atoms with E-state index in [4.69, 9.17) is 0 Å². The predicted molar refractivity (Wildman–Crippen MR) is 55.0 cm³/mol. The van der Waals surface area contributed by atoms with Crippen LogP contribution in [-0.4, -0.2) is 11.7 Å². The zero-order valence-corrected chi connectivity index (χ0v) is 7.80. The van der Waals surface area contributed by atoms with Gasteiger partial charge in [0.2, 0.25) is 5.12 Å². The number of hydrogen-bond acceptors (Lipinski definition) is 3. The molecule has 0 aliphatic carbocycles. The van der Waals surface area contributed by atoms with E-state index >= 15 is 0 Å². The highest BCUT2D eigenvalue weighted by Crippen LogP contribution is 2.21. The third kappa shape index (κ3) is 2.12. The lowest BCUT2D eigenvalue weighted by atomic mass is 10.2. The van der Waals surface area contributed by atoms with Gasteiger partial charge in [-0.15, -0.1) is 0 Å². The fourth-order valence-corrected chi connectivity index (χ4v) is 1.86. The first-order valence-electron chi connectivity index (χ1n) is 4.06. The molecule has 2 rings (SSSR count). The highest BCUT2D eigenvalue weighted by atomic mass is 32.2. The van der Waals surface area contributed by atoms with Crippen LogP contribution in [0.1, 0.15) is 5.56 Å². The lowest BCUT2D eigenvalue weighted by Gasteiger charge is -1.95. The Hall–Kier alpha value is -1.22. The van der Waals surface area contributed by atoms with Gasteiger partial charge in [0.05, 0.1) is 11.6 Å². The number of thioether (sulfide) groups is 1. The molecule has 1 heterocycles. The van der Waals surface area contributed by atoms with Gasteiger partial charge in [-0.1, -0.05) is 30.3 Å². The molecule has 3 heteroatoms. The van der Waals surface area contributed by atoms with Crippen LogP contribution in [0.2, 0.25) is 0 Å². The first kappa shape index (κ1) is 8.38. The zero-order valence-electron chi connectivity index (χ0n) is 6.99. The third-order valence-electron chi connectivity index (χ3n) is 1.73. The molecule has 1 saturated heterocycles. The van der Waals surface area contributed by atoms with Crippen molar-refractivity contribution in [1.29, 1.82) is 0 Å². The largest absolute Gasteiger partial charge is 0.371 e. The van der Waals surface area contributed by atoms with Gasteiger partial charge in [0, 0.05) is 0 Å². The number of carbonyl (C=O) groups excluding carboxylic acids is 1. The molecular weight excluding hydrogens is 182 g/mol. The predicted octanol–water partition coefficient (Wildman–Crippen LogP) is 1.85. The van der Waals surface area contributed by atoms with Crippen molar-refractivity contribution in [2.24, 2.45) is 0 Å². The summed E-state index contributed by atoms with van der Waals surface area (Å²) < 4.78 is 0. The quantitative estimate of drug-likeness (QED) is 0.734. The standard InChI is InChI=1S/C10H9NOS/c12-10-7-11-9(13-10)6-8-4-2-1-3-5-8/h1-6,11H,7H2. The number of nitrogens with one attached hydrogen (secondary N) is 1. The Labute approximate surface area is 81.0 Å². The Morgan fingerprint density at radius 1 is 1.31 bits per heavy atom. The summed E-state index contributed by atoms with van der Waals surface area (Å²) >= 11 is 1.27. The topological polar surface area (TPSA) is 29.1 Å². The minimum Gasteiger partial charge on any atom is -0.371 e. The number of rotatable bonds is 1. The monoisotopic (exact) mass is 191 g/mol. The second-order valence-electron chi connectivity index (χ2n) is 2.75. The van der Waals surface area contributed by atoms with Crippen LogP contribution in [0.25, 0.3) is 6.08 Å². The van der Waals surface area contributed by atoms with Crippen LogP contribution in [0.15, 0.2) is 35.4 Å². The maximum absolute atomic E-state index is 10.9. The molecule has 1 N–H and O–H groups in total. The summed E-state index contributed by atoms with van der Waals surface area (Å²) in [6.07, 6.45) is 1.98. The molecule has 0 spiro atoms. The first-order chi connectivity index (χ1) is 6.34. The molecule has 66 valence electrons. The number of hydrogen-bond donors (Lipinski definition) is 1. The molecule has 1 aliphatic heterocycles. The number of benzene rings is 1. The van der Waals surface area contributed by atoms with E-state index in [1.165, 1.54) is 11.8 Å². The molecular formula is C10H9NOS. The molecule has 0 radical (unpaired) electrons. The Morgan fingerprint density at radius 3 is 2.69 bits per heavy atom. The van der Waals surface area contributed by atoms with Crippen molar-refractivity contribution < 1.29 is 4.79 Å². The summed E-state index contributed by atoms with van der Waals surface area (Å²) in [6.45, 7) is 0.448. The second-order valence-corrected chi connectivity index (χ2v) is 3.85. The highest BCUT2D eigenvalue weighted by Gasteiger charge is 2.14. The van der Waals surface area contributed by atoms with Gasteiger partial charge in [-0.05, 0) is 23.4 Å². The van der Waals surface area contributed by atoms with E-state index in [0.29, 0.717) is 6.54 Å². The molecule has 1 aromatic rings. The SMILES string of the molecule is O=C1CNC(=Cc2ccccc2)S1. The summed E-state index contributed by atoms with van der Waals surface area (Å²) in [4.78, 5) is 10.9. The zero-order chi connectivity index (χ0) is 9.10. The van der Waals surface area contributed by atoms with Crippen LogP contribution in [0.4, 0.5) is 0 Å².